The Bertz CT molecular complexity index is 571. The first-order chi connectivity index (χ1) is 11.7. The smallest absolute Gasteiger partial charge is 0.242 e. The molecule has 1 aliphatic rings. The van der Waals surface area contributed by atoms with Crippen molar-refractivity contribution >= 4 is 36.0 Å². The second-order valence-corrected chi connectivity index (χ2v) is 7.03. The molecule has 0 radical (unpaired) electrons. The molecule has 0 spiro atoms. The molecular weight excluding hydrogens is 358 g/mol. The fourth-order valence-electron chi connectivity index (χ4n) is 2.79. The number of hydrogen-bond acceptors (Lipinski definition) is 4. The van der Waals surface area contributed by atoms with Crippen molar-refractivity contribution in [3.63, 3.8) is 0 Å². The fourth-order valence-corrected chi connectivity index (χ4v) is 3.26. The van der Waals surface area contributed by atoms with Gasteiger partial charge in [-0.05, 0) is 42.4 Å². The standard InChI is InChI=1S/C18H27N3O2S.ClH/c1-3-9-19-17(22)15(8-10-24-2)21-18(23)16-11-13-6-4-5-7-14(13)12-20-16;/h4-7,15-16,20H,3,8-12H2,1-2H3,(H,19,22)(H,21,23);1H. The molecule has 3 N–H and O–H groups in total. The van der Waals surface area contributed by atoms with Crippen molar-refractivity contribution < 1.29 is 9.59 Å². The number of fused-ring (bicyclic) bond motifs is 1. The molecule has 2 atom stereocenters. The molecule has 0 bridgehead atoms. The monoisotopic (exact) mass is 385 g/mol. The first-order valence-electron chi connectivity index (χ1n) is 8.53. The third-order valence-electron chi connectivity index (χ3n) is 4.19. The van der Waals surface area contributed by atoms with Crippen molar-refractivity contribution in [3.05, 3.63) is 35.4 Å². The van der Waals surface area contributed by atoms with Crippen molar-refractivity contribution in [2.45, 2.75) is 44.8 Å². The van der Waals surface area contributed by atoms with Crippen LogP contribution in [0.2, 0.25) is 0 Å². The highest BCUT2D eigenvalue weighted by molar-refractivity contribution is 7.98. The number of amides is 2. The summed E-state index contributed by atoms with van der Waals surface area (Å²) >= 11 is 1.68. The number of halogens is 1. The predicted octanol–water partition coefficient (Wildman–Crippen LogP) is 1.89. The first-order valence-corrected chi connectivity index (χ1v) is 9.92. The second-order valence-electron chi connectivity index (χ2n) is 6.04. The minimum absolute atomic E-state index is 0. The number of carbonyl (C=O) groups is 2. The van der Waals surface area contributed by atoms with E-state index in [9.17, 15) is 9.59 Å². The van der Waals surface area contributed by atoms with Gasteiger partial charge in [0.2, 0.25) is 11.8 Å². The van der Waals surface area contributed by atoms with Gasteiger partial charge in [0.1, 0.15) is 6.04 Å². The Labute approximate surface area is 160 Å². The predicted molar refractivity (Wildman–Crippen MR) is 106 cm³/mol. The van der Waals surface area contributed by atoms with Crippen LogP contribution in [0.1, 0.15) is 30.9 Å². The van der Waals surface area contributed by atoms with E-state index < -0.39 is 6.04 Å². The van der Waals surface area contributed by atoms with Crippen LogP contribution in [-0.4, -0.2) is 42.5 Å². The van der Waals surface area contributed by atoms with Gasteiger partial charge in [-0.2, -0.15) is 11.8 Å². The van der Waals surface area contributed by atoms with Gasteiger partial charge in [-0.1, -0.05) is 31.2 Å². The van der Waals surface area contributed by atoms with E-state index in [0.29, 0.717) is 25.9 Å². The highest BCUT2D eigenvalue weighted by Gasteiger charge is 2.27. The Morgan fingerprint density at radius 3 is 2.72 bits per heavy atom. The van der Waals surface area contributed by atoms with Crippen molar-refractivity contribution in [3.8, 4) is 0 Å². The zero-order valence-electron chi connectivity index (χ0n) is 14.8. The fraction of sp³-hybridized carbons (Fsp3) is 0.556. The van der Waals surface area contributed by atoms with Crippen LogP contribution in [0.4, 0.5) is 0 Å². The molecular formula is C18H28ClN3O2S. The minimum atomic E-state index is -0.463. The number of hydrogen-bond donors (Lipinski definition) is 3. The Kier molecular flexibility index (Phi) is 9.93. The molecule has 7 heteroatoms. The topological polar surface area (TPSA) is 70.2 Å². The van der Waals surface area contributed by atoms with Crippen molar-refractivity contribution in [1.29, 1.82) is 0 Å². The molecule has 0 aliphatic carbocycles. The minimum Gasteiger partial charge on any atom is -0.354 e. The van der Waals surface area contributed by atoms with E-state index in [1.807, 2.05) is 25.3 Å². The largest absolute Gasteiger partial charge is 0.354 e. The molecule has 1 aromatic rings. The normalized spacial score (nSPS) is 17.0. The van der Waals surface area contributed by atoms with Crippen LogP contribution in [-0.2, 0) is 22.6 Å². The lowest BCUT2D eigenvalue weighted by atomic mass is 9.95. The van der Waals surface area contributed by atoms with Crippen molar-refractivity contribution in [1.82, 2.24) is 16.0 Å². The number of rotatable bonds is 8. The van der Waals surface area contributed by atoms with Crippen molar-refractivity contribution in [2.24, 2.45) is 0 Å². The van der Waals surface area contributed by atoms with Crippen LogP contribution in [0.25, 0.3) is 0 Å². The summed E-state index contributed by atoms with van der Waals surface area (Å²) in [5.74, 6) is 0.656. The van der Waals surface area contributed by atoms with Gasteiger partial charge >= 0.3 is 0 Å². The van der Waals surface area contributed by atoms with Crippen LogP contribution in [0, 0.1) is 0 Å². The lowest BCUT2D eigenvalue weighted by molar-refractivity contribution is -0.130. The average molecular weight is 386 g/mol. The highest BCUT2D eigenvalue weighted by atomic mass is 35.5. The molecule has 2 amide bonds. The number of benzene rings is 1. The molecule has 140 valence electrons. The quantitative estimate of drug-likeness (QED) is 0.639. The number of thioether (sulfide) groups is 1. The Morgan fingerprint density at radius 1 is 1.32 bits per heavy atom. The molecule has 25 heavy (non-hydrogen) atoms. The third kappa shape index (κ3) is 6.53. The molecule has 2 rings (SSSR count). The number of carbonyl (C=O) groups excluding carboxylic acids is 2. The highest BCUT2D eigenvalue weighted by Crippen LogP contribution is 2.16. The summed E-state index contributed by atoms with van der Waals surface area (Å²) in [7, 11) is 0. The average Bonchev–Trinajstić information content (AvgIpc) is 2.62. The molecule has 0 saturated carbocycles. The summed E-state index contributed by atoms with van der Waals surface area (Å²) in [6.45, 7) is 3.34. The van der Waals surface area contributed by atoms with Crippen LogP contribution in [0.5, 0.6) is 0 Å². The summed E-state index contributed by atoms with van der Waals surface area (Å²) in [4.78, 5) is 24.9. The Morgan fingerprint density at radius 2 is 2.04 bits per heavy atom. The van der Waals surface area contributed by atoms with Crippen molar-refractivity contribution in [2.75, 3.05) is 18.6 Å². The zero-order chi connectivity index (χ0) is 17.4. The molecule has 1 heterocycles. The Hall–Kier alpha value is -1.24. The van der Waals surface area contributed by atoms with Crippen LogP contribution in [0.3, 0.4) is 0 Å². The van der Waals surface area contributed by atoms with Gasteiger partial charge in [-0.25, -0.2) is 0 Å². The summed E-state index contributed by atoms with van der Waals surface area (Å²) in [6, 6.07) is 7.41. The molecule has 1 aliphatic heterocycles. The SMILES string of the molecule is CCCNC(=O)C(CCSC)NC(=O)C1Cc2ccccc2CN1.Cl. The number of nitrogens with one attached hydrogen (secondary N) is 3. The molecule has 0 saturated heterocycles. The molecule has 0 aromatic heterocycles. The lowest BCUT2D eigenvalue weighted by Gasteiger charge is -2.27. The molecule has 2 unspecified atom stereocenters. The second kappa shape index (κ2) is 11.4. The maximum atomic E-state index is 12.6. The summed E-state index contributed by atoms with van der Waals surface area (Å²) in [5.41, 5.74) is 2.44. The van der Waals surface area contributed by atoms with Gasteiger partial charge in [0.05, 0.1) is 6.04 Å². The van der Waals surface area contributed by atoms with Crippen LogP contribution >= 0.6 is 24.2 Å². The summed E-state index contributed by atoms with van der Waals surface area (Å²) in [6.07, 6.45) is 4.19. The van der Waals surface area contributed by atoms with Gasteiger partial charge in [0.15, 0.2) is 0 Å². The molecule has 5 nitrogen and oxygen atoms in total. The van der Waals surface area contributed by atoms with Crippen LogP contribution < -0.4 is 16.0 Å². The zero-order valence-corrected chi connectivity index (χ0v) is 16.5. The van der Waals surface area contributed by atoms with Gasteiger partial charge in [0.25, 0.3) is 0 Å². The van der Waals surface area contributed by atoms with E-state index in [4.69, 9.17) is 0 Å². The maximum Gasteiger partial charge on any atom is 0.242 e. The van der Waals surface area contributed by atoms with E-state index in [1.165, 1.54) is 11.1 Å². The lowest BCUT2D eigenvalue weighted by Crippen LogP contribution is -2.54. The van der Waals surface area contributed by atoms with E-state index >= 15 is 0 Å². The van der Waals surface area contributed by atoms with Gasteiger partial charge in [-0.15, -0.1) is 12.4 Å². The summed E-state index contributed by atoms with van der Waals surface area (Å²) < 4.78 is 0. The molecule has 0 fully saturated rings. The van der Waals surface area contributed by atoms with E-state index in [0.717, 1.165) is 12.2 Å². The van der Waals surface area contributed by atoms with E-state index in [1.54, 1.807) is 11.8 Å². The van der Waals surface area contributed by atoms with Gasteiger partial charge < -0.3 is 16.0 Å². The van der Waals surface area contributed by atoms with Crippen LogP contribution in [0.15, 0.2) is 24.3 Å². The van der Waals surface area contributed by atoms with E-state index in [-0.39, 0.29) is 30.3 Å². The van der Waals surface area contributed by atoms with Gasteiger partial charge in [-0.3, -0.25) is 9.59 Å². The third-order valence-corrected chi connectivity index (χ3v) is 4.83. The maximum absolute atomic E-state index is 12.6. The van der Waals surface area contributed by atoms with Gasteiger partial charge in [0, 0.05) is 13.1 Å². The Balaban J connectivity index is 0.00000312. The first kappa shape index (κ1) is 21.8. The summed E-state index contributed by atoms with van der Waals surface area (Å²) in [5, 5.41) is 9.09. The molecule has 1 aromatic carbocycles. The van der Waals surface area contributed by atoms with E-state index in [2.05, 4.69) is 28.1 Å².